The normalized spacial score (nSPS) is 12.3. The molecule has 0 radical (unpaired) electrons. The third-order valence-corrected chi connectivity index (χ3v) is 4.12. The molecule has 4 aromatic rings. The molecule has 0 unspecified atom stereocenters. The SMILES string of the molecule is N#Cc1c[nH]n2c(Nc3ccc4c(c3)OCO4)c(-c3ccccn3)nc12. The number of nitrogens with zero attached hydrogens (tertiary/aromatic N) is 4. The number of H-pyrrole nitrogens is 1. The van der Waals surface area contributed by atoms with Crippen molar-refractivity contribution in [1.82, 2.24) is 19.6 Å². The zero-order chi connectivity index (χ0) is 17.5. The molecule has 0 atom stereocenters. The zero-order valence-corrected chi connectivity index (χ0v) is 13.4. The summed E-state index contributed by atoms with van der Waals surface area (Å²) in [4.78, 5) is 8.99. The molecule has 1 aliphatic heterocycles. The van der Waals surface area contributed by atoms with Crippen molar-refractivity contribution >= 4 is 17.2 Å². The molecule has 0 saturated heterocycles. The maximum Gasteiger partial charge on any atom is 0.231 e. The van der Waals surface area contributed by atoms with E-state index in [1.165, 1.54) is 0 Å². The van der Waals surface area contributed by atoms with Gasteiger partial charge in [-0.25, -0.2) is 9.50 Å². The molecule has 8 heteroatoms. The highest BCUT2D eigenvalue weighted by Gasteiger charge is 2.20. The second-order valence-electron chi connectivity index (χ2n) is 5.67. The minimum Gasteiger partial charge on any atom is -0.454 e. The van der Waals surface area contributed by atoms with Crippen LogP contribution in [0, 0.1) is 11.3 Å². The van der Waals surface area contributed by atoms with Gasteiger partial charge in [-0.15, -0.1) is 0 Å². The zero-order valence-electron chi connectivity index (χ0n) is 13.4. The first-order chi connectivity index (χ1) is 12.8. The van der Waals surface area contributed by atoms with E-state index in [9.17, 15) is 5.26 Å². The van der Waals surface area contributed by atoms with E-state index in [2.05, 4.69) is 26.5 Å². The molecular weight excluding hydrogens is 332 g/mol. The van der Waals surface area contributed by atoms with E-state index < -0.39 is 0 Å². The molecule has 0 spiro atoms. The van der Waals surface area contributed by atoms with Crippen LogP contribution in [0.2, 0.25) is 0 Å². The Bertz CT molecular complexity index is 1160. The summed E-state index contributed by atoms with van der Waals surface area (Å²) in [5.74, 6) is 2.07. The molecular formula is C18H12N6O2. The number of hydrogen-bond acceptors (Lipinski definition) is 6. The molecule has 0 aliphatic carbocycles. The van der Waals surface area contributed by atoms with Crippen LogP contribution in [-0.2, 0) is 0 Å². The average Bonchev–Trinajstić information content (AvgIpc) is 3.38. The van der Waals surface area contributed by atoms with E-state index in [1.807, 2.05) is 36.4 Å². The Hall–Kier alpha value is -3.99. The number of aromatic nitrogens is 4. The molecule has 0 saturated carbocycles. The molecule has 26 heavy (non-hydrogen) atoms. The Kier molecular flexibility index (Phi) is 3.05. The van der Waals surface area contributed by atoms with Gasteiger partial charge in [0, 0.05) is 24.1 Å². The molecule has 3 aromatic heterocycles. The molecule has 5 rings (SSSR count). The number of aromatic amines is 1. The van der Waals surface area contributed by atoms with Gasteiger partial charge in [-0.05, 0) is 24.3 Å². The predicted molar refractivity (Wildman–Crippen MR) is 93.3 cm³/mol. The van der Waals surface area contributed by atoms with Crippen LogP contribution < -0.4 is 14.8 Å². The van der Waals surface area contributed by atoms with Gasteiger partial charge in [0.25, 0.3) is 0 Å². The van der Waals surface area contributed by atoms with Crippen molar-refractivity contribution in [2.75, 3.05) is 12.1 Å². The number of ether oxygens (including phenoxy) is 2. The fourth-order valence-corrected chi connectivity index (χ4v) is 2.91. The van der Waals surface area contributed by atoms with Crippen molar-refractivity contribution in [1.29, 1.82) is 5.26 Å². The third-order valence-electron chi connectivity index (χ3n) is 4.12. The Morgan fingerprint density at radius 1 is 1.19 bits per heavy atom. The quantitative estimate of drug-likeness (QED) is 0.592. The largest absolute Gasteiger partial charge is 0.454 e. The lowest BCUT2D eigenvalue weighted by atomic mass is 10.2. The monoisotopic (exact) mass is 344 g/mol. The minimum atomic E-state index is 0.219. The second kappa shape index (κ2) is 5.53. The van der Waals surface area contributed by atoms with Crippen molar-refractivity contribution in [3.05, 3.63) is 54.4 Å². The second-order valence-corrected chi connectivity index (χ2v) is 5.67. The first-order valence-electron chi connectivity index (χ1n) is 7.91. The fourth-order valence-electron chi connectivity index (χ4n) is 2.91. The van der Waals surface area contributed by atoms with Gasteiger partial charge in [-0.2, -0.15) is 5.26 Å². The number of rotatable bonds is 3. The maximum absolute atomic E-state index is 9.30. The summed E-state index contributed by atoms with van der Waals surface area (Å²) < 4.78 is 12.5. The first kappa shape index (κ1) is 14.4. The van der Waals surface area contributed by atoms with Gasteiger partial charge in [-0.1, -0.05) is 6.07 Å². The number of nitriles is 1. The Morgan fingerprint density at radius 2 is 2.12 bits per heavy atom. The van der Waals surface area contributed by atoms with Gasteiger partial charge in [0.05, 0.1) is 5.69 Å². The number of pyridine rings is 1. The van der Waals surface area contributed by atoms with Gasteiger partial charge >= 0.3 is 0 Å². The van der Waals surface area contributed by atoms with Crippen LogP contribution in [-0.4, -0.2) is 26.4 Å². The Labute approximate surface area is 147 Å². The number of nitrogens with one attached hydrogen (secondary N) is 2. The van der Waals surface area contributed by atoms with Gasteiger partial charge in [0.1, 0.15) is 17.3 Å². The molecule has 0 bridgehead atoms. The van der Waals surface area contributed by atoms with E-state index in [0.29, 0.717) is 39.9 Å². The lowest BCUT2D eigenvalue weighted by Crippen LogP contribution is -1.98. The number of fused-ring (bicyclic) bond motifs is 2. The minimum absolute atomic E-state index is 0.219. The lowest BCUT2D eigenvalue weighted by molar-refractivity contribution is 0.174. The highest BCUT2D eigenvalue weighted by Crippen LogP contribution is 2.37. The smallest absolute Gasteiger partial charge is 0.231 e. The molecule has 0 fully saturated rings. The summed E-state index contributed by atoms with van der Waals surface area (Å²) in [6, 6.07) is 13.4. The molecule has 4 heterocycles. The summed E-state index contributed by atoms with van der Waals surface area (Å²) in [6.07, 6.45) is 3.33. The fraction of sp³-hybridized carbons (Fsp3) is 0.0556. The van der Waals surface area contributed by atoms with E-state index in [1.54, 1.807) is 16.9 Å². The van der Waals surface area contributed by atoms with Crippen LogP contribution in [0.4, 0.5) is 11.5 Å². The average molecular weight is 344 g/mol. The summed E-state index contributed by atoms with van der Waals surface area (Å²) in [5, 5.41) is 15.7. The maximum atomic E-state index is 9.30. The van der Waals surface area contributed by atoms with Crippen LogP contribution >= 0.6 is 0 Å². The third kappa shape index (κ3) is 2.15. The first-order valence-corrected chi connectivity index (χ1v) is 7.91. The molecule has 8 nitrogen and oxygen atoms in total. The molecule has 0 amide bonds. The summed E-state index contributed by atoms with van der Waals surface area (Å²) in [5.41, 5.74) is 3.15. The number of imidazole rings is 1. The van der Waals surface area contributed by atoms with E-state index in [0.717, 1.165) is 5.69 Å². The van der Waals surface area contributed by atoms with Crippen LogP contribution in [0.25, 0.3) is 17.0 Å². The number of benzene rings is 1. The van der Waals surface area contributed by atoms with Crippen molar-refractivity contribution in [2.45, 2.75) is 0 Å². The molecule has 1 aliphatic rings. The van der Waals surface area contributed by atoms with Gasteiger partial charge in [0.15, 0.2) is 23.0 Å². The van der Waals surface area contributed by atoms with E-state index >= 15 is 0 Å². The van der Waals surface area contributed by atoms with Crippen molar-refractivity contribution < 1.29 is 9.47 Å². The molecule has 126 valence electrons. The van der Waals surface area contributed by atoms with Crippen LogP contribution in [0.3, 0.4) is 0 Å². The summed E-state index contributed by atoms with van der Waals surface area (Å²) >= 11 is 0. The van der Waals surface area contributed by atoms with Crippen molar-refractivity contribution in [2.24, 2.45) is 0 Å². The van der Waals surface area contributed by atoms with Crippen LogP contribution in [0.1, 0.15) is 5.56 Å². The highest BCUT2D eigenvalue weighted by molar-refractivity contribution is 5.79. The van der Waals surface area contributed by atoms with Crippen LogP contribution in [0.5, 0.6) is 11.5 Å². The Morgan fingerprint density at radius 3 is 2.96 bits per heavy atom. The number of hydrogen-bond donors (Lipinski definition) is 2. The van der Waals surface area contributed by atoms with E-state index in [4.69, 9.17) is 9.47 Å². The topological polar surface area (TPSA) is 100 Å². The molecule has 2 N–H and O–H groups in total. The summed E-state index contributed by atoms with van der Waals surface area (Å²) in [7, 11) is 0. The standard InChI is InChI=1S/C18H12N6O2/c19-8-11-9-21-24-17(11)23-16(13-3-1-2-6-20-13)18(24)22-12-4-5-14-15(7-12)26-10-25-14/h1-7,9,21-22H,10H2. The number of anilines is 2. The highest BCUT2D eigenvalue weighted by atomic mass is 16.7. The van der Waals surface area contributed by atoms with E-state index in [-0.39, 0.29) is 6.79 Å². The predicted octanol–water partition coefficient (Wildman–Crippen LogP) is 3.07. The van der Waals surface area contributed by atoms with Gasteiger partial charge in [0.2, 0.25) is 6.79 Å². The molecule has 1 aromatic carbocycles. The van der Waals surface area contributed by atoms with Gasteiger partial charge in [-0.3, -0.25) is 10.1 Å². The Balaban J connectivity index is 1.66. The van der Waals surface area contributed by atoms with Crippen LogP contribution in [0.15, 0.2) is 48.8 Å². The summed E-state index contributed by atoms with van der Waals surface area (Å²) in [6.45, 7) is 0.219. The lowest BCUT2D eigenvalue weighted by Gasteiger charge is -2.08. The van der Waals surface area contributed by atoms with Gasteiger partial charge < -0.3 is 14.8 Å². The van der Waals surface area contributed by atoms with Crippen molar-refractivity contribution in [3.63, 3.8) is 0 Å². The van der Waals surface area contributed by atoms with Crippen molar-refractivity contribution in [3.8, 4) is 29.0 Å².